The molecule has 0 radical (unpaired) electrons. The maximum Gasteiger partial charge on any atom is 0.127 e. The standard InChI is InChI=1S/C18H22O2/c1-4-12-10-14(11-13(5-2)15(12)6-3)18-16(19)8-7-9-17(18)20/h7-11,19-20H,4-6H2,1-3H3. The van der Waals surface area contributed by atoms with Crippen LogP contribution in [0, 0.1) is 0 Å². The van der Waals surface area contributed by atoms with Gasteiger partial charge in [-0.3, -0.25) is 0 Å². The molecule has 0 aliphatic carbocycles. The summed E-state index contributed by atoms with van der Waals surface area (Å²) in [5.74, 6) is 0.247. The first-order valence-corrected chi connectivity index (χ1v) is 7.28. The molecule has 0 fully saturated rings. The van der Waals surface area contributed by atoms with Gasteiger partial charge in [-0.15, -0.1) is 0 Å². The van der Waals surface area contributed by atoms with E-state index < -0.39 is 0 Å². The van der Waals surface area contributed by atoms with E-state index >= 15 is 0 Å². The molecule has 106 valence electrons. The molecule has 2 nitrogen and oxygen atoms in total. The topological polar surface area (TPSA) is 40.5 Å². The van der Waals surface area contributed by atoms with Crippen molar-refractivity contribution in [3.8, 4) is 22.6 Å². The van der Waals surface area contributed by atoms with Crippen LogP contribution in [0.2, 0.25) is 0 Å². The smallest absolute Gasteiger partial charge is 0.127 e. The molecule has 0 unspecified atom stereocenters. The molecule has 2 rings (SSSR count). The van der Waals surface area contributed by atoms with Gasteiger partial charge in [0.25, 0.3) is 0 Å². The van der Waals surface area contributed by atoms with Gasteiger partial charge < -0.3 is 10.2 Å². The molecule has 0 aromatic heterocycles. The number of hydrogen-bond donors (Lipinski definition) is 2. The first-order chi connectivity index (χ1) is 9.62. The Kier molecular flexibility index (Phi) is 4.33. The third kappa shape index (κ3) is 2.51. The van der Waals surface area contributed by atoms with E-state index in [-0.39, 0.29) is 11.5 Å². The Morgan fingerprint density at radius 3 is 1.70 bits per heavy atom. The summed E-state index contributed by atoms with van der Waals surface area (Å²) in [6, 6.07) is 9.05. The zero-order chi connectivity index (χ0) is 14.7. The normalized spacial score (nSPS) is 10.8. The van der Waals surface area contributed by atoms with Crippen molar-refractivity contribution in [1.29, 1.82) is 0 Å². The third-order valence-corrected chi connectivity index (χ3v) is 3.86. The Labute approximate surface area is 120 Å². The molecule has 2 heteroatoms. The minimum atomic E-state index is 0.123. The second-order valence-corrected chi connectivity index (χ2v) is 5.00. The number of rotatable bonds is 4. The van der Waals surface area contributed by atoms with Crippen molar-refractivity contribution in [3.63, 3.8) is 0 Å². The van der Waals surface area contributed by atoms with Gasteiger partial charge in [0, 0.05) is 0 Å². The monoisotopic (exact) mass is 270 g/mol. The van der Waals surface area contributed by atoms with Crippen LogP contribution in [0.3, 0.4) is 0 Å². The first-order valence-electron chi connectivity index (χ1n) is 7.28. The number of aromatic hydroxyl groups is 2. The predicted molar refractivity (Wildman–Crippen MR) is 83.3 cm³/mol. The molecule has 0 saturated carbocycles. The van der Waals surface area contributed by atoms with E-state index in [1.807, 2.05) is 0 Å². The van der Waals surface area contributed by atoms with Crippen molar-refractivity contribution in [2.45, 2.75) is 40.0 Å². The lowest BCUT2D eigenvalue weighted by Gasteiger charge is -2.16. The van der Waals surface area contributed by atoms with Crippen molar-refractivity contribution in [3.05, 3.63) is 47.0 Å². The second kappa shape index (κ2) is 6.00. The number of aryl methyl sites for hydroxylation is 2. The van der Waals surface area contributed by atoms with E-state index in [0.29, 0.717) is 5.56 Å². The molecule has 0 spiro atoms. The molecule has 2 aromatic rings. The average molecular weight is 270 g/mol. The van der Waals surface area contributed by atoms with Crippen molar-refractivity contribution >= 4 is 0 Å². The van der Waals surface area contributed by atoms with Gasteiger partial charge in [0.15, 0.2) is 0 Å². The Balaban J connectivity index is 2.69. The van der Waals surface area contributed by atoms with E-state index in [1.165, 1.54) is 16.7 Å². The SMILES string of the molecule is CCc1cc(-c2c(O)cccc2O)cc(CC)c1CC. The minimum absolute atomic E-state index is 0.123. The van der Waals surface area contributed by atoms with Gasteiger partial charge in [-0.05, 0) is 53.6 Å². The molecule has 0 amide bonds. The van der Waals surface area contributed by atoms with Gasteiger partial charge >= 0.3 is 0 Å². The summed E-state index contributed by atoms with van der Waals surface area (Å²) in [5, 5.41) is 20.1. The zero-order valence-electron chi connectivity index (χ0n) is 12.4. The van der Waals surface area contributed by atoms with Crippen LogP contribution in [0.15, 0.2) is 30.3 Å². The summed E-state index contributed by atoms with van der Waals surface area (Å²) >= 11 is 0. The molecule has 2 aromatic carbocycles. The lowest BCUT2D eigenvalue weighted by molar-refractivity contribution is 0.454. The zero-order valence-corrected chi connectivity index (χ0v) is 12.4. The van der Waals surface area contributed by atoms with E-state index in [1.54, 1.807) is 18.2 Å². The van der Waals surface area contributed by atoms with Crippen LogP contribution in [0.5, 0.6) is 11.5 Å². The largest absolute Gasteiger partial charge is 0.507 e. The maximum atomic E-state index is 10.0. The molecule has 0 saturated heterocycles. The fourth-order valence-corrected chi connectivity index (χ4v) is 2.85. The molecule has 20 heavy (non-hydrogen) atoms. The van der Waals surface area contributed by atoms with Crippen LogP contribution >= 0.6 is 0 Å². The van der Waals surface area contributed by atoms with Gasteiger partial charge in [-0.1, -0.05) is 39.0 Å². The van der Waals surface area contributed by atoms with Crippen LogP contribution < -0.4 is 0 Å². The van der Waals surface area contributed by atoms with Gasteiger partial charge in [-0.25, -0.2) is 0 Å². The highest BCUT2D eigenvalue weighted by Crippen LogP contribution is 2.38. The molecular weight excluding hydrogens is 248 g/mol. The van der Waals surface area contributed by atoms with Gasteiger partial charge in [-0.2, -0.15) is 0 Å². The third-order valence-electron chi connectivity index (χ3n) is 3.86. The quantitative estimate of drug-likeness (QED) is 0.861. The Hall–Kier alpha value is -1.96. The van der Waals surface area contributed by atoms with Gasteiger partial charge in [0.2, 0.25) is 0 Å². The number of benzene rings is 2. The summed E-state index contributed by atoms with van der Waals surface area (Å²) in [6.07, 6.45) is 2.93. The van der Waals surface area contributed by atoms with Crippen LogP contribution in [-0.2, 0) is 19.3 Å². The number of hydrogen-bond acceptors (Lipinski definition) is 2. The molecule has 0 atom stereocenters. The van der Waals surface area contributed by atoms with E-state index in [2.05, 4.69) is 32.9 Å². The van der Waals surface area contributed by atoms with Gasteiger partial charge in [0.05, 0.1) is 5.56 Å². The van der Waals surface area contributed by atoms with E-state index in [9.17, 15) is 10.2 Å². The lowest BCUT2D eigenvalue weighted by Crippen LogP contribution is -1.99. The fourth-order valence-electron chi connectivity index (χ4n) is 2.85. The molecule has 0 aliphatic heterocycles. The highest BCUT2D eigenvalue weighted by Gasteiger charge is 2.14. The molecule has 0 bridgehead atoms. The van der Waals surface area contributed by atoms with Crippen molar-refractivity contribution in [2.75, 3.05) is 0 Å². The van der Waals surface area contributed by atoms with E-state index in [4.69, 9.17) is 0 Å². The molecule has 2 N–H and O–H groups in total. The van der Waals surface area contributed by atoms with Crippen LogP contribution in [0.4, 0.5) is 0 Å². The summed E-state index contributed by atoms with van der Waals surface area (Å²) in [7, 11) is 0. The molecule has 0 heterocycles. The Bertz CT molecular complexity index is 570. The van der Waals surface area contributed by atoms with Crippen molar-refractivity contribution in [2.24, 2.45) is 0 Å². The Morgan fingerprint density at radius 2 is 1.30 bits per heavy atom. The molecular formula is C18H22O2. The average Bonchev–Trinajstić information content (AvgIpc) is 2.45. The number of phenolic OH excluding ortho intramolecular Hbond substituents is 2. The lowest BCUT2D eigenvalue weighted by atomic mass is 9.90. The van der Waals surface area contributed by atoms with Crippen LogP contribution in [-0.4, -0.2) is 10.2 Å². The highest BCUT2D eigenvalue weighted by molar-refractivity contribution is 5.77. The fraction of sp³-hybridized carbons (Fsp3) is 0.333. The summed E-state index contributed by atoms with van der Waals surface area (Å²) < 4.78 is 0. The molecule has 0 aliphatic rings. The van der Waals surface area contributed by atoms with Crippen molar-refractivity contribution < 1.29 is 10.2 Å². The minimum Gasteiger partial charge on any atom is -0.507 e. The number of phenols is 2. The summed E-state index contributed by atoms with van der Waals surface area (Å²) in [6.45, 7) is 6.45. The summed E-state index contributed by atoms with van der Waals surface area (Å²) in [4.78, 5) is 0. The maximum absolute atomic E-state index is 10.0. The van der Waals surface area contributed by atoms with Crippen molar-refractivity contribution in [1.82, 2.24) is 0 Å². The Morgan fingerprint density at radius 1 is 0.800 bits per heavy atom. The van der Waals surface area contributed by atoms with Gasteiger partial charge in [0.1, 0.15) is 11.5 Å². The van der Waals surface area contributed by atoms with E-state index in [0.717, 1.165) is 24.8 Å². The summed E-state index contributed by atoms with van der Waals surface area (Å²) in [5.41, 5.74) is 5.41. The highest BCUT2D eigenvalue weighted by atomic mass is 16.3. The second-order valence-electron chi connectivity index (χ2n) is 5.00. The van der Waals surface area contributed by atoms with Crippen LogP contribution in [0.1, 0.15) is 37.5 Å². The first kappa shape index (κ1) is 14.4. The van der Waals surface area contributed by atoms with Crippen LogP contribution in [0.25, 0.3) is 11.1 Å². The predicted octanol–water partition coefficient (Wildman–Crippen LogP) is 4.45.